The minimum absolute atomic E-state index is 0.104. The predicted octanol–water partition coefficient (Wildman–Crippen LogP) is 1.87. The highest BCUT2D eigenvalue weighted by atomic mass is 79.9. The van der Waals surface area contributed by atoms with E-state index in [1.54, 1.807) is 6.92 Å². The molecule has 0 fully saturated rings. The summed E-state index contributed by atoms with van der Waals surface area (Å²) in [5, 5.41) is 0. The molecule has 0 amide bonds. The van der Waals surface area contributed by atoms with Crippen LogP contribution in [-0.2, 0) is 19.6 Å². The molecule has 0 aromatic heterocycles. The Morgan fingerprint density at radius 3 is 2.75 bits per heavy atom. The fourth-order valence-electron chi connectivity index (χ4n) is 1.31. The first-order valence-electron chi connectivity index (χ1n) is 5.66. The summed E-state index contributed by atoms with van der Waals surface area (Å²) in [6, 6.07) is 2.21. The Balaban J connectivity index is 2.76. The Kier molecular flexibility index (Phi) is 5.75. The Bertz CT molecular complexity index is 607. The maximum Gasteiger partial charge on any atom is 0.306 e. The van der Waals surface area contributed by atoms with E-state index in [1.165, 1.54) is 0 Å². The van der Waals surface area contributed by atoms with E-state index in [2.05, 4.69) is 25.4 Å². The molecule has 0 atom stereocenters. The Morgan fingerprint density at radius 2 is 2.15 bits per heavy atom. The SMILES string of the molecule is CCOC(=O)CCS(=O)(=O)Nc1cc(N)c(F)cc1Br. The number of carbonyl (C=O) groups excluding carboxylic acids is 1. The Hall–Kier alpha value is -1.35. The molecule has 112 valence electrons. The Morgan fingerprint density at radius 1 is 1.50 bits per heavy atom. The van der Waals surface area contributed by atoms with E-state index in [9.17, 15) is 17.6 Å². The lowest BCUT2D eigenvalue weighted by Crippen LogP contribution is -2.20. The van der Waals surface area contributed by atoms with Crippen LogP contribution < -0.4 is 10.5 Å². The lowest BCUT2D eigenvalue weighted by Gasteiger charge is -2.10. The van der Waals surface area contributed by atoms with E-state index in [-0.39, 0.29) is 28.9 Å². The van der Waals surface area contributed by atoms with Crippen molar-refractivity contribution < 1.29 is 22.3 Å². The van der Waals surface area contributed by atoms with Crippen molar-refractivity contribution >= 4 is 43.3 Å². The molecule has 0 heterocycles. The predicted molar refractivity (Wildman–Crippen MR) is 77.2 cm³/mol. The summed E-state index contributed by atoms with van der Waals surface area (Å²) in [6.07, 6.45) is -0.266. The highest BCUT2D eigenvalue weighted by Gasteiger charge is 2.16. The van der Waals surface area contributed by atoms with Crippen molar-refractivity contribution in [2.75, 3.05) is 22.8 Å². The average Bonchev–Trinajstić information content (AvgIpc) is 2.34. The van der Waals surface area contributed by atoms with Gasteiger partial charge in [-0.2, -0.15) is 0 Å². The van der Waals surface area contributed by atoms with Crippen molar-refractivity contribution in [2.45, 2.75) is 13.3 Å². The van der Waals surface area contributed by atoms with Crippen LogP contribution >= 0.6 is 15.9 Å². The van der Waals surface area contributed by atoms with Gasteiger partial charge in [0.25, 0.3) is 0 Å². The largest absolute Gasteiger partial charge is 0.466 e. The number of hydrogen-bond donors (Lipinski definition) is 2. The molecule has 1 rings (SSSR count). The summed E-state index contributed by atoms with van der Waals surface area (Å²) < 4.78 is 43.8. The van der Waals surface area contributed by atoms with Gasteiger partial charge in [0.1, 0.15) is 5.82 Å². The second kappa shape index (κ2) is 6.89. The molecule has 1 aromatic carbocycles. The number of nitrogen functional groups attached to an aromatic ring is 1. The van der Waals surface area contributed by atoms with E-state index < -0.39 is 27.6 Å². The molecule has 0 unspecified atom stereocenters. The Labute approximate surface area is 124 Å². The van der Waals surface area contributed by atoms with E-state index in [4.69, 9.17) is 5.73 Å². The number of halogens is 2. The molecular weight excluding hydrogens is 355 g/mol. The topological polar surface area (TPSA) is 98.5 Å². The van der Waals surface area contributed by atoms with Gasteiger partial charge in [0.15, 0.2) is 0 Å². The summed E-state index contributed by atoms with van der Waals surface area (Å²) in [5.41, 5.74) is 5.29. The highest BCUT2D eigenvalue weighted by molar-refractivity contribution is 9.10. The second-order valence-corrected chi connectivity index (χ2v) is 6.53. The van der Waals surface area contributed by atoms with Crippen LogP contribution in [0.4, 0.5) is 15.8 Å². The normalized spacial score (nSPS) is 11.2. The van der Waals surface area contributed by atoms with Gasteiger partial charge in [-0.05, 0) is 35.0 Å². The van der Waals surface area contributed by atoms with Crippen molar-refractivity contribution in [1.82, 2.24) is 0 Å². The van der Waals surface area contributed by atoms with Gasteiger partial charge in [-0.1, -0.05) is 0 Å². The number of esters is 1. The third-order valence-corrected chi connectivity index (χ3v) is 4.16. The van der Waals surface area contributed by atoms with Crippen LogP contribution in [0.25, 0.3) is 0 Å². The minimum Gasteiger partial charge on any atom is -0.466 e. The second-order valence-electron chi connectivity index (χ2n) is 3.83. The number of hydrogen-bond acceptors (Lipinski definition) is 5. The van der Waals surface area contributed by atoms with E-state index in [0.29, 0.717) is 0 Å². The van der Waals surface area contributed by atoms with Crippen molar-refractivity contribution in [3.63, 3.8) is 0 Å². The van der Waals surface area contributed by atoms with Gasteiger partial charge in [0, 0.05) is 4.47 Å². The van der Waals surface area contributed by atoms with Crippen LogP contribution in [0.5, 0.6) is 0 Å². The minimum atomic E-state index is -3.76. The summed E-state index contributed by atoms with van der Waals surface area (Å²) in [6.45, 7) is 1.81. The molecule has 0 aliphatic heterocycles. The first-order chi connectivity index (χ1) is 9.25. The molecule has 0 saturated heterocycles. The third kappa shape index (κ3) is 4.97. The van der Waals surface area contributed by atoms with Gasteiger partial charge in [-0.3, -0.25) is 9.52 Å². The number of nitrogens with one attached hydrogen (secondary N) is 1. The zero-order chi connectivity index (χ0) is 15.3. The van der Waals surface area contributed by atoms with Crippen molar-refractivity contribution in [2.24, 2.45) is 0 Å². The standard InChI is InChI=1S/C11H14BrFN2O4S/c1-2-19-11(16)3-4-20(17,18)15-10-6-9(14)8(13)5-7(10)12/h5-6,15H,2-4,14H2,1H3. The van der Waals surface area contributed by atoms with E-state index >= 15 is 0 Å². The molecule has 0 spiro atoms. The highest BCUT2D eigenvalue weighted by Crippen LogP contribution is 2.28. The molecule has 0 bridgehead atoms. The molecule has 20 heavy (non-hydrogen) atoms. The van der Waals surface area contributed by atoms with Gasteiger partial charge in [-0.15, -0.1) is 0 Å². The third-order valence-electron chi connectivity index (χ3n) is 2.23. The maximum absolute atomic E-state index is 13.1. The molecule has 3 N–H and O–H groups in total. The molecule has 0 aliphatic carbocycles. The number of benzene rings is 1. The zero-order valence-electron chi connectivity index (χ0n) is 10.7. The van der Waals surface area contributed by atoms with Crippen LogP contribution in [0, 0.1) is 5.82 Å². The summed E-state index contributed by atoms with van der Waals surface area (Å²) in [5.74, 6) is -1.70. The van der Waals surface area contributed by atoms with Crippen LogP contribution in [0.15, 0.2) is 16.6 Å². The van der Waals surface area contributed by atoms with Crippen molar-refractivity contribution in [1.29, 1.82) is 0 Å². The lowest BCUT2D eigenvalue weighted by molar-refractivity contribution is -0.142. The van der Waals surface area contributed by atoms with Crippen LogP contribution in [0.2, 0.25) is 0 Å². The van der Waals surface area contributed by atoms with E-state index in [1.807, 2.05) is 0 Å². The fourth-order valence-corrected chi connectivity index (χ4v) is 2.90. The smallest absolute Gasteiger partial charge is 0.306 e. The quantitative estimate of drug-likeness (QED) is 0.589. The number of rotatable bonds is 6. The molecule has 0 saturated carbocycles. The lowest BCUT2D eigenvalue weighted by atomic mass is 10.3. The van der Waals surface area contributed by atoms with Crippen molar-refractivity contribution in [3.8, 4) is 0 Å². The molecule has 6 nitrogen and oxygen atoms in total. The van der Waals surface area contributed by atoms with Gasteiger partial charge in [0.2, 0.25) is 10.0 Å². The van der Waals surface area contributed by atoms with Gasteiger partial charge >= 0.3 is 5.97 Å². The molecule has 1 aromatic rings. The number of sulfonamides is 1. The summed E-state index contributed by atoms with van der Waals surface area (Å²) >= 11 is 3.02. The van der Waals surface area contributed by atoms with Gasteiger partial charge in [0.05, 0.1) is 30.2 Å². The number of anilines is 2. The molecular formula is C11H14BrFN2O4S. The van der Waals surface area contributed by atoms with Crippen molar-refractivity contribution in [3.05, 3.63) is 22.4 Å². The zero-order valence-corrected chi connectivity index (χ0v) is 13.1. The monoisotopic (exact) mass is 368 g/mol. The maximum atomic E-state index is 13.1. The number of ether oxygens (including phenoxy) is 1. The van der Waals surface area contributed by atoms with Gasteiger partial charge < -0.3 is 10.5 Å². The van der Waals surface area contributed by atoms with Crippen LogP contribution in [0.1, 0.15) is 13.3 Å². The first kappa shape index (κ1) is 16.7. The fraction of sp³-hybridized carbons (Fsp3) is 0.364. The summed E-state index contributed by atoms with van der Waals surface area (Å²) in [4.78, 5) is 11.1. The number of carbonyl (C=O) groups is 1. The molecule has 0 aliphatic rings. The van der Waals surface area contributed by atoms with Crippen LogP contribution in [0.3, 0.4) is 0 Å². The van der Waals surface area contributed by atoms with E-state index in [0.717, 1.165) is 12.1 Å². The molecule has 9 heteroatoms. The summed E-state index contributed by atoms with van der Waals surface area (Å²) in [7, 11) is -3.76. The number of nitrogens with two attached hydrogens (primary N) is 1. The molecule has 0 radical (unpaired) electrons. The first-order valence-corrected chi connectivity index (χ1v) is 8.10. The van der Waals surface area contributed by atoms with Gasteiger partial charge in [-0.25, -0.2) is 12.8 Å². The average molecular weight is 369 g/mol. The van der Waals surface area contributed by atoms with Crippen LogP contribution in [-0.4, -0.2) is 26.7 Å².